The van der Waals surface area contributed by atoms with E-state index in [2.05, 4.69) is 62.2 Å². The fraction of sp³-hybridized carbons (Fsp3) is 0.684. The summed E-state index contributed by atoms with van der Waals surface area (Å²) in [5.74, 6) is 1.78. The van der Waals surface area contributed by atoms with Crippen molar-refractivity contribution in [3.05, 3.63) is 35.4 Å². The molecular formula is C19H32N2. The lowest BCUT2D eigenvalue weighted by Gasteiger charge is -2.38. The van der Waals surface area contributed by atoms with Crippen molar-refractivity contribution in [1.82, 2.24) is 10.2 Å². The van der Waals surface area contributed by atoms with E-state index in [9.17, 15) is 0 Å². The van der Waals surface area contributed by atoms with Gasteiger partial charge < -0.3 is 5.32 Å². The van der Waals surface area contributed by atoms with Gasteiger partial charge in [-0.25, -0.2) is 0 Å². The first-order valence-electron chi connectivity index (χ1n) is 8.66. The van der Waals surface area contributed by atoms with Gasteiger partial charge in [-0.05, 0) is 48.9 Å². The number of rotatable bonds is 8. The molecule has 1 aromatic carbocycles. The van der Waals surface area contributed by atoms with Crippen molar-refractivity contribution in [2.24, 2.45) is 11.8 Å². The standard InChI is InChI=1S/C19H32N2/c1-5-21(6-2)14-17-10-8-7-9-16(17)13-20-19-11-18(12-19)15(3)4/h7-10,15,18-20H,5-6,11-14H2,1-4H3. The molecule has 118 valence electrons. The molecule has 0 unspecified atom stereocenters. The number of hydrogen-bond acceptors (Lipinski definition) is 2. The Morgan fingerprint density at radius 1 is 1.10 bits per heavy atom. The van der Waals surface area contributed by atoms with E-state index >= 15 is 0 Å². The van der Waals surface area contributed by atoms with Crippen LogP contribution in [0.15, 0.2) is 24.3 Å². The third-order valence-electron chi connectivity index (χ3n) is 5.11. The monoisotopic (exact) mass is 288 g/mol. The minimum Gasteiger partial charge on any atom is -0.310 e. The van der Waals surface area contributed by atoms with Gasteiger partial charge >= 0.3 is 0 Å². The second kappa shape index (κ2) is 7.95. The summed E-state index contributed by atoms with van der Waals surface area (Å²) in [6.45, 7) is 13.5. The summed E-state index contributed by atoms with van der Waals surface area (Å²) in [7, 11) is 0. The highest BCUT2D eigenvalue weighted by Crippen LogP contribution is 2.33. The fourth-order valence-corrected chi connectivity index (χ4v) is 3.20. The maximum absolute atomic E-state index is 3.75. The molecule has 0 aliphatic heterocycles. The molecule has 0 heterocycles. The van der Waals surface area contributed by atoms with E-state index < -0.39 is 0 Å². The molecule has 1 aliphatic carbocycles. The SMILES string of the molecule is CCN(CC)Cc1ccccc1CNC1CC(C(C)C)C1. The zero-order chi connectivity index (χ0) is 15.2. The van der Waals surface area contributed by atoms with Crippen molar-refractivity contribution in [3.63, 3.8) is 0 Å². The topological polar surface area (TPSA) is 15.3 Å². The Morgan fingerprint density at radius 2 is 1.71 bits per heavy atom. The van der Waals surface area contributed by atoms with Gasteiger partial charge in [0.05, 0.1) is 0 Å². The predicted octanol–water partition coefficient (Wildman–Crippen LogP) is 4.05. The van der Waals surface area contributed by atoms with E-state index in [4.69, 9.17) is 0 Å². The normalized spacial score (nSPS) is 21.8. The molecule has 0 radical (unpaired) electrons. The van der Waals surface area contributed by atoms with Crippen molar-refractivity contribution < 1.29 is 0 Å². The van der Waals surface area contributed by atoms with E-state index in [1.165, 1.54) is 24.0 Å². The van der Waals surface area contributed by atoms with Crippen LogP contribution in [-0.4, -0.2) is 24.0 Å². The first kappa shape index (κ1) is 16.5. The molecule has 0 bridgehead atoms. The number of nitrogens with one attached hydrogen (secondary N) is 1. The van der Waals surface area contributed by atoms with E-state index in [1.54, 1.807) is 0 Å². The maximum atomic E-state index is 3.75. The molecule has 0 saturated heterocycles. The second-order valence-electron chi connectivity index (χ2n) is 6.78. The van der Waals surface area contributed by atoms with Gasteiger partial charge in [-0.15, -0.1) is 0 Å². The van der Waals surface area contributed by atoms with Crippen LogP contribution in [0.3, 0.4) is 0 Å². The molecule has 21 heavy (non-hydrogen) atoms. The van der Waals surface area contributed by atoms with Crippen molar-refractivity contribution >= 4 is 0 Å². The summed E-state index contributed by atoms with van der Waals surface area (Å²) in [6.07, 6.45) is 2.71. The van der Waals surface area contributed by atoms with Crippen LogP contribution in [0.4, 0.5) is 0 Å². The number of hydrogen-bond donors (Lipinski definition) is 1. The van der Waals surface area contributed by atoms with E-state index in [0.29, 0.717) is 0 Å². The Balaban J connectivity index is 1.86. The zero-order valence-corrected chi connectivity index (χ0v) is 14.2. The molecule has 2 nitrogen and oxygen atoms in total. The molecule has 1 aliphatic rings. The first-order valence-corrected chi connectivity index (χ1v) is 8.66. The summed E-state index contributed by atoms with van der Waals surface area (Å²) >= 11 is 0. The van der Waals surface area contributed by atoms with Crippen molar-refractivity contribution in [2.45, 2.75) is 59.7 Å². The molecule has 0 amide bonds. The fourth-order valence-electron chi connectivity index (χ4n) is 3.20. The number of nitrogens with zero attached hydrogens (tertiary/aromatic N) is 1. The summed E-state index contributed by atoms with van der Waals surface area (Å²) < 4.78 is 0. The summed E-state index contributed by atoms with van der Waals surface area (Å²) in [4.78, 5) is 2.48. The smallest absolute Gasteiger partial charge is 0.0236 e. The number of benzene rings is 1. The van der Waals surface area contributed by atoms with Crippen molar-refractivity contribution in [1.29, 1.82) is 0 Å². The molecule has 2 rings (SSSR count). The van der Waals surface area contributed by atoms with Crippen LogP contribution in [-0.2, 0) is 13.1 Å². The van der Waals surface area contributed by atoms with Crippen LogP contribution in [0.5, 0.6) is 0 Å². The predicted molar refractivity (Wildman–Crippen MR) is 91.3 cm³/mol. The third-order valence-corrected chi connectivity index (χ3v) is 5.11. The average molecular weight is 288 g/mol. The zero-order valence-electron chi connectivity index (χ0n) is 14.2. The van der Waals surface area contributed by atoms with Crippen LogP contribution >= 0.6 is 0 Å². The highest BCUT2D eigenvalue weighted by molar-refractivity contribution is 5.27. The summed E-state index contributed by atoms with van der Waals surface area (Å²) in [5, 5.41) is 3.75. The lowest BCUT2D eigenvalue weighted by atomic mass is 9.73. The highest BCUT2D eigenvalue weighted by Gasteiger charge is 2.30. The lowest BCUT2D eigenvalue weighted by Crippen LogP contribution is -2.42. The lowest BCUT2D eigenvalue weighted by molar-refractivity contribution is 0.167. The molecule has 0 spiro atoms. The molecule has 1 N–H and O–H groups in total. The molecule has 1 fully saturated rings. The van der Waals surface area contributed by atoms with E-state index in [1.807, 2.05) is 0 Å². The Kier molecular flexibility index (Phi) is 6.25. The Labute approximate surface area is 130 Å². The van der Waals surface area contributed by atoms with Crippen LogP contribution in [0, 0.1) is 11.8 Å². The van der Waals surface area contributed by atoms with Gasteiger partial charge in [0.1, 0.15) is 0 Å². The van der Waals surface area contributed by atoms with Gasteiger partial charge in [0.25, 0.3) is 0 Å². The Hall–Kier alpha value is -0.860. The Bertz CT molecular complexity index is 417. The summed E-state index contributed by atoms with van der Waals surface area (Å²) in [5.41, 5.74) is 2.95. The van der Waals surface area contributed by atoms with Crippen LogP contribution < -0.4 is 5.32 Å². The van der Waals surface area contributed by atoms with Crippen LogP contribution in [0.25, 0.3) is 0 Å². The van der Waals surface area contributed by atoms with Crippen molar-refractivity contribution in [3.8, 4) is 0 Å². The van der Waals surface area contributed by atoms with Gasteiger partial charge in [0, 0.05) is 19.1 Å². The van der Waals surface area contributed by atoms with E-state index in [0.717, 1.165) is 44.1 Å². The Morgan fingerprint density at radius 3 is 2.29 bits per heavy atom. The van der Waals surface area contributed by atoms with Gasteiger partial charge in [-0.2, -0.15) is 0 Å². The summed E-state index contributed by atoms with van der Waals surface area (Å²) in [6, 6.07) is 9.64. The minimum absolute atomic E-state index is 0.735. The van der Waals surface area contributed by atoms with Gasteiger partial charge in [0.2, 0.25) is 0 Å². The highest BCUT2D eigenvalue weighted by atomic mass is 15.1. The third kappa shape index (κ3) is 4.55. The molecule has 1 saturated carbocycles. The quantitative estimate of drug-likeness (QED) is 0.776. The van der Waals surface area contributed by atoms with Gasteiger partial charge in [-0.1, -0.05) is 52.0 Å². The van der Waals surface area contributed by atoms with E-state index in [-0.39, 0.29) is 0 Å². The largest absolute Gasteiger partial charge is 0.310 e. The molecule has 0 atom stereocenters. The molecule has 2 heteroatoms. The second-order valence-corrected chi connectivity index (χ2v) is 6.78. The van der Waals surface area contributed by atoms with Gasteiger partial charge in [0.15, 0.2) is 0 Å². The molecule has 1 aromatic rings. The first-order chi connectivity index (χ1) is 10.1. The van der Waals surface area contributed by atoms with Crippen molar-refractivity contribution in [2.75, 3.05) is 13.1 Å². The van der Waals surface area contributed by atoms with Crippen LogP contribution in [0.2, 0.25) is 0 Å². The molecular weight excluding hydrogens is 256 g/mol. The minimum atomic E-state index is 0.735. The maximum Gasteiger partial charge on any atom is 0.0236 e. The van der Waals surface area contributed by atoms with Gasteiger partial charge in [-0.3, -0.25) is 4.90 Å². The molecule has 0 aromatic heterocycles. The average Bonchev–Trinajstić information content (AvgIpc) is 2.44. The van der Waals surface area contributed by atoms with Crippen LogP contribution in [0.1, 0.15) is 51.7 Å².